The summed E-state index contributed by atoms with van der Waals surface area (Å²) in [6, 6.07) is -0.627. The minimum atomic E-state index is -0.627. The maximum absolute atomic E-state index is 11.4. The molecule has 1 unspecified atom stereocenters. The highest BCUT2D eigenvalue weighted by molar-refractivity contribution is 5.94. The molecule has 0 spiro atoms. The molecule has 0 saturated carbocycles. The number of hydrogen-bond donors (Lipinski definition) is 3. The van der Waals surface area contributed by atoms with Crippen LogP contribution < -0.4 is 10.6 Å². The van der Waals surface area contributed by atoms with Gasteiger partial charge in [-0.3, -0.25) is 9.59 Å². The van der Waals surface area contributed by atoms with E-state index in [9.17, 15) is 9.59 Å². The van der Waals surface area contributed by atoms with Crippen molar-refractivity contribution in [2.24, 2.45) is 0 Å². The Morgan fingerprint density at radius 3 is 2.81 bits per heavy atom. The van der Waals surface area contributed by atoms with Gasteiger partial charge in [-0.05, 0) is 18.6 Å². The van der Waals surface area contributed by atoms with Crippen LogP contribution in [0.4, 0.5) is 0 Å². The topological polar surface area (TPSA) is 113 Å². The lowest BCUT2D eigenvalue weighted by molar-refractivity contribution is -0.122. The quantitative estimate of drug-likeness (QED) is 0.586. The molecule has 0 radical (unpaired) electrons. The molecule has 1 atom stereocenters. The zero-order valence-electron chi connectivity index (χ0n) is 9.15. The number of H-pyrrole nitrogens is 1. The van der Waals surface area contributed by atoms with E-state index in [4.69, 9.17) is 0 Å². The van der Waals surface area contributed by atoms with Crippen molar-refractivity contribution in [3.05, 3.63) is 5.82 Å². The number of rotatable bonds is 5. The van der Waals surface area contributed by atoms with E-state index in [-0.39, 0.29) is 11.7 Å². The summed E-state index contributed by atoms with van der Waals surface area (Å²) in [5.74, 6) is -0.860. The zero-order valence-corrected chi connectivity index (χ0v) is 9.15. The third kappa shape index (κ3) is 3.30. The van der Waals surface area contributed by atoms with Crippen LogP contribution in [0.25, 0.3) is 0 Å². The molecule has 0 aromatic carbocycles. The number of aromatic nitrogens is 4. The normalized spacial score (nSPS) is 11.9. The highest BCUT2D eigenvalue weighted by Gasteiger charge is 2.18. The molecule has 8 nitrogen and oxygen atoms in total. The van der Waals surface area contributed by atoms with Gasteiger partial charge in [0.1, 0.15) is 6.04 Å². The van der Waals surface area contributed by atoms with E-state index < -0.39 is 11.9 Å². The lowest BCUT2D eigenvalue weighted by Crippen LogP contribution is -2.45. The molecule has 0 fully saturated rings. The van der Waals surface area contributed by atoms with Crippen LogP contribution in [-0.2, 0) is 4.79 Å². The number of amides is 2. The van der Waals surface area contributed by atoms with E-state index in [1.54, 1.807) is 6.92 Å². The lowest BCUT2D eigenvalue weighted by Gasteiger charge is -2.12. The number of hydrogen-bond acceptors (Lipinski definition) is 5. The van der Waals surface area contributed by atoms with Crippen LogP contribution in [0.3, 0.4) is 0 Å². The van der Waals surface area contributed by atoms with Crippen molar-refractivity contribution < 1.29 is 9.59 Å². The summed E-state index contributed by atoms with van der Waals surface area (Å²) < 4.78 is 0. The van der Waals surface area contributed by atoms with Gasteiger partial charge < -0.3 is 10.6 Å². The molecule has 1 rings (SSSR count). The fourth-order valence-electron chi connectivity index (χ4n) is 0.986. The van der Waals surface area contributed by atoms with Gasteiger partial charge in [-0.1, -0.05) is 6.92 Å². The van der Waals surface area contributed by atoms with Crippen LogP contribution in [0.5, 0.6) is 0 Å². The molecule has 0 aliphatic heterocycles. The smallest absolute Gasteiger partial charge is 0.293 e. The van der Waals surface area contributed by atoms with Gasteiger partial charge in [0, 0.05) is 6.54 Å². The van der Waals surface area contributed by atoms with E-state index in [0.717, 1.165) is 6.42 Å². The molecule has 0 aliphatic rings. The SMILES string of the molecule is CCCNC(=O)C(C)NC(=O)c1nn[nH]n1. The van der Waals surface area contributed by atoms with Crippen LogP contribution in [0, 0.1) is 0 Å². The first-order chi connectivity index (χ1) is 7.65. The molecule has 8 heteroatoms. The Morgan fingerprint density at radius 2 is 2.25 bits per heavy atom. The second-order valence-corrected chi connectivity index (χ2v) is 3.22. The average Bonchev–Trinajstić information content (AvgIpc) is 2.79. The predicted octanol–water partition coefficient (Wildman–Crippen LogP) is -1.16. The predicted molar refractivity (Wildman–Crippen MR) is 54.4 cm³/mol. The molecule has 2 amide bonds. The molecule has 0 aliphatic carbocycles. The number of nitrogens with one attached hydrogen (secondary N) is 3. The molecular formula is C8H14N6O2. The maximum atomic E-state index is 11.4. The van der Waals surface area contributed by atoms with Crippen LogP contribution in [0.15, 0.2) is 0 Å². The van der Waals surface area contributed by atoms with E-state index in [0.29, 0.717) is 6.54 Å². The first-order valence-corrected chi connectivity index (χ1v) is 4.97. The minimum absolute atomic E-state index is 0.0878. The van der Waals surface area contributed by atoms with Crippen molar-refractivity contribution in [2.75, 3.05) is 6.54 Å². The second-order valence-electron chi connectivity index (χ2n) is 3.22. The van der Waals surface area contributed by atoms with Crippen molar-refractivity contribution in [3.8, 4) is 0 Å². The lowest BCUT2D eigenvalue weighted by atomic mass is 10.3. The van der Waals surface area contributed by atoms with Gasteiger partial charge in [-0.2, -0.15) is 5.21 Å². The van der Waals surface area contributed by atoms with Crippen molar-refractivity contribution >= 4 is 11.8 Å². The largest absolute Gasteiger partial charge is 0.354 e. The van der Waals surface area contributed by atoms with E-state index in [1.807, 2.05) is 6.92 Å². The molecule has 16 heavy (non-hydrogen) atoms. The van der Waals surface area contributed by atoms with E-state index >= 15 is 0 Å². The summed E-state index contributed by atoms with van der Waals surface area (Å²) in [4.78, 5) is 22.8. The minimum Gasteiger partial charge on any atom is -0.354 e. The molecule has 0 bridgehead atoms. The Morgan fingerprint density at radius 1 is 1.50 bits per heavy atom. The van der Waals surface area contributed by atoms with Crippen molar-refractivity contribution in [1.82, 2.24) is 31.3 Å². The summed E-state index contributed by atoms with van der Waals surface area (Å²) in [7, 11) is 0. The molecule has 0 saturated heterocycles. The second kappa shape index (κ2) is 5.79. The summed E-state index contributed by atoms with van der Waals surface area (Å²) >= 11 is 0. The van der Waals surface area contributed by atoms with Gasteiger partial charge in [-0.15, -0.1) is 10.2 Å². The summed E-state index contributed by atoms with van der Waals surface area (Å²) in [6.45, 7) is 4.12. The molecule has 88 valence electrons. The van der Waals surface area contributed by atoms with Gasteiger partial charge >= 0.3 is 0 Å². The molecule has 3 N–H and O–H groups in total. The zero-order chi connectivity index (χ0) is 12.0. The first-order valence-electron chi connectivity index (χ1n) is 4.97. The number of carbonyl (C=O) groups excluding carboxylic acids is 2. The molecule has 1 aromatic rings. The van der Waals surface area contributed by atoms with E-state index in [2.05, 4.69) is 31.3 Å². The maximum Gasteiger partial charge on any atom is 0.293 e. The highest BCUT2D eigenvalue weighted by atomic mass is 16.2. The third-order valence-electron chi connectivity index (χ3n) is 1.84. The van der Waals surface area contributed by atoms with Crippen LogP contribution in [0.1, 0.15) is 30.9 Å². The molecule has 1 heterocycles. The van der Waals surface area contributed by atoms with Crippen LogP contribution in [0.2, 0.25) is 0 Å². The Labute approximate surface area is 92.2 Å². The molecular weight excluding hydrogens is 212 g/mol. The number of nitrogens with zero attached hydrogens (tertiary/aromatic N) is 3. The van der Waals surface area contributed by atoms with Crippen LogP contribution in [-0.4, -0.2) is 45.0 Å². The Bertz CT molecular complexity index is 349. The third-order valence-corrected chi connectivity index (χ3v) is 1.84. The Hall–Kier alpha value is -1.99. The van der Waals surface area contributed by atoms with Crippen LogP contribution >= 0.6 is 0 Å². The fourth-order valence-corrected chi connectivity index (χ4v) is 0.986. The summed E-state index contributed by atoms with van der Waals surface area (Å²) in [5, 5.41) is 17.5. The Kier molecular flexibility index (Phi) is 4.37. The van der Waals surface area contributed by atoms with Gasteiger partial charge in [0.2, 0.25) is 5.91 Å². The number of tetrazole rings is 1. The van der Waals surface area contributed by atoms with Crippen molar-refractivity contribution in [3.63, 3.8) is 0 Å². The van der Waals surface area contributed by atoms with Gasteiger partial charge in [-0.25, -0.2) is 0 Å². The average molecular weight is 226 g/mol. The summed E-state index contributed by atoms with van der Waals surface area (Å²) in [5.41, 5.74) is 0. The molecule has 1 aromatic heterocycles. The Balaban J connectivity index is 2.42. The monoisotopic (exact) mass is 226 g/mol. The fraction of sp³-hybridized carbons (Fsp3) is 0.625. The van der Waals surface area contributed by atoms with Gasteiger partial charge in [0.25, 0.3) is 11.7 Å². The van der Waals surface area contributed by atoms with Gasteiger partial charge in [0.05, 0.1) is 0 Å². The first kappa shape index (κ1) is 12.1. The highest BCUT2D eigenvalue weighted by Crippen LogP contribution is 1.88. The van der Waals surface area contributed by atoms with Crippen molar-refractivity contribution in [1.29, 1.82) is 0 Å². The van der Waals surface area contributed by atoms with Gasteiger partial charge in [0.15, 0.2) is 0 Å². The van der Waals surface area contributed by atoms with Crippen molar-refractivity contribution in [2.45, 2.75) is 26.3 Å². The summed E-state index contributed by atoms with van der Waals surface area (Å²) in [6.07, 6.45) is 0.844. The van der Waals surface area contributed by atoms with E-state index in [1.165, 1.54) is 0 Å². The standard InChI is InChI=1S/C8H14N6O2/c1-3-4-9-7(15)5(2)10-8(16)6-11-13-14-12-6/h5H,3-4H2,1-2H3,(H,9,15)(H,10,16)(H,11,12,13,14). The number of aromatic amines is 1. The number of carbonyl (C=O) groups is 2.